The average Bonchev–Trinajstić information content (AvgIpc) is 2.93. The minimum Gasteiger partial charge on any atom is -0.481 e. The summed E-state index contributed by atoms with van der Waals surface area (Å²) < 4.78 is 0. The Kier molecular flexibility index (Phi) is 6.81. The molecule has 5 nitrogen and oxygen atoms in total. The molecule has 2 aromatic rings. The number of carbonyl (C=O) groups is 2. The Morgan fingerprint density at radius 3 is 2.83 bits per heavy atom. The van der Waals surface area contributed by atoms with Crippen LogP contribution in [0.2, 0.25) is 0 Å². The fourth-order valence-corrected chi connectivity index (χ4v) is 3.87. The number of benzene rings is 1. The van der Waals surface area contributed by atoms with Crippen molar-refractivity contribution in [3.63, 3.8) is 0 Å². The molecule has 0 aliphatic carbocycles. The number of aliphatic carboxylic acids is 1. The van der Waals surface area contributed by atoms with Crippen molar-refractivity contribution in [3.05, 3.63) is 45.4 Å². The first kappa shape index (κ1) is 18.5. The highest BCUT2D eigenvalue weighted by atomic mass is 32.2. The summed E-state index contributed by atoms with van der Waals surface area (Å²) in [5, 5.41) is 12.5. The van der Waals surface area contributed by atoms with Crippen LogP contribution >= 0.6 is 23.1 Å². The first-order chi connectivity index (χ1) is 11.5. The SMILES string of the molecule is CCc1nc(C)c(C(=O)Nc2cccc(CSCCC(=O)O)c2)s1. The number of thiazole rings is 1. The molecule has 0 aliphatic heterocycles. The number of rotatable bonds is 8. The predicted molar refractivity (Wildman–Crippen MR) is 99.0 cm³/mol. The molecule has 1 amide bonds. The van der Waals surface area contributed by atoms with E-state index < -0.39 is 5.97 Å². The van der Waals surface area contributed by atoms with Crippen LogP contribution < -0.4 is 5.32 Å². The van der Waals surface area contributed by atoms with E-state index in [1.807, 2.05) is 38.1 Å². The van der Waals surface area contributed by atoms with Crippen molar-refractivity contribution >= 4 is 40.7 Å². The van der Waals surface area contributed by atoms with E-state index in [0.29, 0.717) is 10.6 Å². The van der Waals surface area contributed by atoms with Crippen molar-refractivity contribution in [3.8, 4) is 0 Å². The molecule has 2 N–H and O–H groups in total. The molecular weight excluding hydrogens is 344 g/mol. The van der Waals surface area contributed by atoms with E-state index in [0.717, 1.165) is 34.1 Å². The molecule has 0 aliphatic rings. The third kappa shape index (κ3) is 5.35. The second-order valence-corrected chi connectivity index (χ2v) is 7.42. The van der Waals surface area contributed by atoms with E-state index >= 15 is 0 Å². The van der Waals surface area contributed by atoms with E-state index in [-0.39, 0.29) is 12.3 Å². The van der Waals surface area contributed by atoms with Gasteiger partial charge in [-0.2, -0.15) is 11.8 Å². The van der Waals surface area contributed by atoms with Gasteiger partial charge < -0.3 is 10.4 Å². The number of carboxylic acid groups (broad SMARTS) is 1. The number of carbonyl (C=O) groups excluding carboxylic acids is 1. The lowest BCUT2D eigenvalue weighted by Crippen LogP contribution is -2.11. The minimum absolute atomic E-state index is 0.139. The van der Waals surface area contributed by atoms with Gasteiger partial charge in [0.1, 0.15) is 4.88 Å². The lowest BCUT2D eigenvalue weighted by Gasteiger charge is -2.07. The molecule has 2 rings (SSSR count). The van der Waals surface area contributed by atoms with E-state index in [4.69, 9.17) is 5.11 Å². The van der Waals surface area contributed by atoms with Crippen LogP contribution in [0, 0.1) is 6.92 Å². The second-order valence-electron chi connectivity index (χ2n) is 5.23. The molecule has 0 atom stereocenters. The second kappa shape index (κ2) is 8.84. The molecule has 128 valence electrons. The summed E-state index contributed by atoms with van der Waals surface area (Å²) in [6.45, 7) is 3.87. The lowest BCUT2D eigenvalue weighted by molar-refractivity contribution is -0.136. The summed E-state index contributed by atoms with van der Waals surface area (Å²) in [6, 6.07) is 7.62. The zero-order valence-electron chi connectivity index (χ0n) is 13.7. The van der Waals surface area contributed by atoms with Gasteiger partial charge in [-0.1, -0.05) is 19.1 Å². The van der Waals surface area contributed by atoms with Gasteiger partial charge in [0.15, 0.2) is 0 Å². The number of thioether (sulfide) groups is 1. The smallest absolute Gasteiger partial charge is 0.304 e. The maximum atomic E-state index is 12.4. The van der Waals surface area contributed by atoms with Gasteiger partial charge >= 0.3 is 5.97 Å². The van der Waals surface area contributed by atoms with Gasteiger partial charge in [0.2, 0.25) is 0 Å². The Morgan fingerprint density at radius 1 is 1.38 bits per heavy atom. The number of aromatic nitrogens is 1. The fourth-order valence-electron chi connectivity index (χ4n) is 2.09. The molecule has 0 bridgehead atoms. The van der Waals surface area contributed by atoms with Gasteiger partial charge in [0, 0.05) is 17.2 Å². The van der Waals surface area contributed by atoms with E-state index in [1.165, 1.54) is 11.3 Å². The summed E-state index contributed by atoms with van der Waals surface area (Å²) >= 11 is 2.99. The standard InChI is InChI=1S/C17H20N2O3S2/c1-3-14-18-11(2)16(24-14)17(22)19-13-6-4-5-12(9-13)10-23-8-7-15(20)21/h4-6,9H,3,7-8,10H2,1-2H3,(H,19,22)(H,20,21). The zero-order chi connectivity index (χ0) is 17.5. The third-order valence-corrected chi connectivity index (χ3v) is 5.59. The van der Waals surface area contributed by atoms with Crippen LogP contribution in [0.4, 0.5) is 5.69 Å². The van der Waals surface area contributed by atoms with Gasteiger partial charge in [-0.25, -0.2) is 4.98 Å². The number of nitrogens with one attached hydrogen (secondary N) is 1. The van der Waals surface area contributed by atoms with Crippen molar-refractivity contribution in [2.45, 2.75) is 32.4 Å². The summed E-state index contributed by atoms with van der Waals surface area (Å²) in [4.78, 5) is 27.9. The Bertz CT molecular complexity index is 728. The van der Waals surface area contributed by atoms with Crippen molar-refractivity contribution in [2.24, 2.45) is 0 Å². The van der Waals surface area contributed by atoms with Crippen molar-refractivity contribution in [1.82, 2.24) is 4.98 Å². The van der Waals surface area contributed by atoms with Gasteiger partial charge in [0.25, 0.3) is 5.91 Å². The highest BCUT2D eigenvalue weighted by Crippen LogP contribution is 2.22. The molecule has 0 radical (unpaired) electrons. The first-order valence-electron chi connectivity index (χ1n) is 7.65. The van der Waals surface area contributed by atoms with Crippen molar-refractivity contribution in [2.75, 3.05) is 11.1 Å². The van der Waals surface area contributed by atoms with Crippen LogP contribution in [0.1, 0.15) is 39.3 Å². The molecule has 0 spiro atoms. The number of aryl methyl sites for hydroxylation is 2. The maximum absolute atomic E-state index is 12.4. The monoisotopic (exact) mass is 364 g/mol. The quantitative estimate of drug-likeness (QED) is 0.693. The van der Waals surface area contributed by atoms with Gasteiger partial charge in [0.05, 0.1) is 17.1 Å². The molecule has 1 heterocycles. The molecule has 24 heavy (non-hydrogen) atoms. The lowest BCUT2D eigenvalue weighted by atomic mass is 10.2. The minimum atomic E-state index is -0.783. The Labute approximate surface area is 149 Å². The molecule has 0 unspecified atom stereocenters. The largest absolute Gasteiger partial charge is 0.481 e. The topological polar surface area (TPSA) is 79.3 Å². The molecule has 1 aromatic heterocycles. The summed E-state index contributed by atoms with van der Waals surface area (Å²) in [5.74, 6) is 0.373. The van der Waals surface area contributed by atoms with Crippen LogP contribution in [0.25, 0.3) is 0 Å². The van der Waals surface area contributed by atoms with Crippen LogP contribution in [0.5, 0.6) is 0 Å². The Balaban J connectivity index is 1.96. The molecular formula is C17H20N2O3S2. The average molecular weight is 364 g/mol. The zero-order valence-corrected chi connectivity index (χ0v) is 15.3. The summed E-state index contributed by atoms with van der Waals surface area (Å²) in [5.41, 5.74) is 2.55. The van der Waals surface area contributed by atoms with Crippen LogP contribution in [-0.2, 0) is 17.0 Å². The number of amides is 1. The van der Waals surface area contributed by atoms with Crippen molar-refractivity contribution < 1.29 is 14.7 Å². The normalized spacial score (nSPS) is 10.6. The van der Waals surface area contributed by atoms with Gasteiger partial charge in [-0.3, -0.25) is 9.59 Å². The van der Waals surface area contributed by atoms with E-state index in [9.17, 15) is 9.59 Å². The first-order valence-corrected chi connectivity index (χ1v) is 9.62. The van der Waals surface area contributed by atoms with Crippen LogP contribution in [0.15, 0.2) is 24.3 Å². The highest BCUT2D eigenvalue weighted by Gasteiger charge is 2.14. The molecule has 7 heteroatoms. The molecule has 1 aromatic carbocycles. The number of hydrogen-bond donors (Lipinski definition) is 2. The molecule has 0 saturated heterocycles. The van der Waals surface area contributed by atoms with Gasteiger partial charge in [-0.05, 0) is 31.0 Å². The third-order valence-electron chi connectivity index (χ3n) is 3.26. The number of hydrogen-bond acceptors (Lipinski definition) is 5. The fraction of sp³-hybridized carbons (Fsp3) is 0.353. The van der Waals surface area contributed by atoms with Crippen molar-refractivity contribution in [1.29, 1.82) is 0 Å². The summed E-state index contributed by atoms with van der Waals surface area (Å²) in [6.07, 6.45) is 0.980. The highest BCUT2D eigenvalue weighted by molar-refractivity contribution is 7.98. The number of carboxylic acids is 1. The number of anilines is 1. The summed E-state index contributed by atoms with van der Waals surface area (Å²) in [7, 11) is 0. The Hall–Kier alpha value is -1.86. The molecule has 0 fully saturated rings. The Morgan fingerprint density at radius 2 is 2.17 bits per heavy atom. The van der Waals surface area contributed by atoms with Gasteiger partial charge in [-0.15, -0.1) is 11.3 Å². The maximum Gasteiger partial charge on any atom is 0.304 e. The molecule has 0 saturated carbocycles. The van der Waals surface area contributed by atoms with Crippen LogP contribution in [-0.4, -0.2) is 27.7 Å². The number of nitrogens with zero attached hydrogens (tertiary/aromatic N) is 1. The van der Waals surface area contributed by atoms with E-state index in [2.05, 4.69) is 10.3 Å². The predicted octanol–water partition coefficient (Wildman–Crippen LogP) is 3.97. The van der Waals surface area contributed by atoms with Crippen LogP contribution in [0.3, 0.4) is 0 Å². The van der Waals surface area contributed by atoms with E-state index in [1.54, 1.807) is 11.8 Å².